The number of aromatic carboxylic acids is 1. The average molecular weight is 496 g/mol. The lowest BCUT2D eigenvalue weighted by atomic mass is 9.76. The van der Waals surface area contributed by atoms with Crippen LogP contribution in [0, 0.1) is 23.7 Å². The maximum absolute atomic E-state index is 13.8. The minimum atomic E-state index is -1.13. The number of nitrogens with one attached hydrogen (secondary N) is 1. The van der Waals surface area contributed by atoms with E-state index in [0.717, 1.165) is 44.9 Å². The molecule has 36 heavy (non-hydrogen) atoms. The summed E-state index contributed by atoms with van der Waals surface area (Å²) in [6.07, 6.45) is 10.4. The topological polar surface area (TPSA) is 126 Å². The smallest absolute Gasteiger partial charge is 0.371 e. The number of nitrogens with two attached hydrogens (primary N) is 1. The third-order valence-electron chi connectivity index (χ3n) is 8.78. The molecule has 3 aliphatic rings. The molecular formula is C28H37N3O5. The van der Waals surface area contributed by atoms with E-state index in [1.165, 1.54) is 25.3 Å². The van der Waals surface area contributed by atoms with Crippen molar-refractivity contribution in [3.63, 3.8) is 0 Å². The summed E-state index contributed by atoms with van der Waals surface area (Å²) in [5.74, 6) is -0.170. The summed E-state index contributed by atoms with van der Waals surface area (Å²) in [4.78, 5) is 40.6. The van der Waals surface area contributed by atoms with Gasteiger partial charge >= 0.3 is 5.97 Å². The van der Waals surface area contributed by atoms with E-state index < -0.39 is 12.0 Å². The first kappa shape index (κ1) is 24.8. The second kappa shape index (κ2) is 10.6. The van der Waals surface area contributed by atoms with Crippen LogP contribution in [0.15, 0.2) is 28.7 Å². The van der Waals surface area contributed by atoms with Crippen LogP contribution in [0.2, 0.25) is 0 Å². The number of hydrogen-bond donors (Lipinski definition) is 3. The number of carbonyl (C=O) groups excluding carboxylic acids is 2. The van der Waals surface area contributed by atoms with Gasteiger partial charge in [-0.15, -0.1) is 0 Å². The zero-order valence-electron chi connectivity index (χ0n) is 20.8. The number of furan rings is 1. The van der Waals surface area contributed by atoms with Gasteiger partial charge in [0.1, 0.15) is 11.6 Å². The van der Waals surface area contributed by atoms with Crippen molar-refractivity contribution >= 4 is 34.4 Å². The fraction of sp³-hybridized carbons (Fsp3) is 0.607. The zero-order valence-corrected chi connectivity index (χ0v) is 20.8. The molecule has 2 atom stereocenters. The monoisotopic (exact) mass is 495 g/mol. The Morgan fingerprint density at radius 3 is 2.44 bits per heavy atom. The second-order valence-electron chi connectivity index (χ2n) is 10.9. The van der Waals surface area contributed by atoms with Crippen molar-refractivity contribution in [2.24, 2.45) is 29.4 Å². The molecule has 8 heteroatoms. The molecule has 2 saturated carbocycles. The molecule has 4 N–H and O–H groups in total. The molecule has 194 valence electrons. The van der Waals surface area contributed by atoms with Crippen LogP contribution in [0.5, 0.6) is 0 Å². The average Bonchev–Trinajstić information content (AvgIpc) is 3.54. The molecule has 2 aliphatic carbocycles. The molecule has 0 bridgehead atoms. The van der Waals surface area contributed by atoms with Crippen LogP contribution in [0.1, 0.15) is 74.8 Å². The van der Waals surface area contributed by atoms with Crippen molar-refractivity contribution in [2.75, 3.05) is 18.4 Å². The van der Waals surface area contributed by atoms with Gasteiger partial charge in [-0.2, -0.15) is 0 Å². The number of anilines is 1. The van der Waals surface area contributed by atoms with Gasteiger partial charge in [-0.1, -0.05) is 32.1 Å². The number of carbonyl (C=O) groups is 3. The fourth-order valence-electron chi connectivity index (χ4n) is 6.78. The van der Waals surface area contributed by atoms with Crippen molar-refractivity contribution in [3.8, 4) is 0 Å². The molecule has 1 aromatic carbocycles. The first-order valence-corrected chi connectivity index (χ1v) is 13.5. The Morgan fingerprint density at radius 2 is 1.75 bits per heavy atom. The number of nitrogens with zero attached hydrogens (tertiary/aromatic N) is 1. The van der Waals surface area contributed by atoms with Crippen molar-refractivity contribution < 1.29 is 23.9 Å². The van der Waals surface area contributed by atoms with Gasteiger partial charge in [0, 0.05) is 23.5 Å². The number of hydrogen-bond acceptors (Lipinski definition) is 5. The predicted molar refractivity (Wildman–Crippen MR) is 136 cm³/mol. The number of fused-ring (bicyclic) bond motifs is 1. The van der Waals surface area contributed by atoms with Crippen LogP contribution >= 0.6 is 0 Å². The lowest BCUT2D eigenvalue weighted by molar-refractivity contribution is -0.142. The molecule has 8 nitrogen and oxygen atoms in total. The molecule has 1 aromatic heterocycles. The van der Waals surface area contributed by atoms with Gasteiger partial charge in [-0.25, -0.2) is 4.79 Å². The molecule has 0 radical (unpaired) electrons. The van der Waals surface area contributed by atoms with Gasteiger partial charge in [0.2, 0.25) is 17.6 Å². The predicted octanol–water partition coefficient (Wildman–Crippen LogP) is 4.63. The Hall–Kier alpha value is -2.87. The van der Waals surface area contributed by atoms with E-state index in [1.807, 2.05) is 4.90 Å². The summed E-state index contributed by atoms with van der Waals surface area (Å²) < 4.78 is 5.34. The first-order chi connectivity index (χ1) is 17.4. The maximum Gasteiger partial charge on any atom is 0.371 e. The number of benzene rings is 1. The SMILES string of the molecule is NCC1CCC(C(=O)N2CC[C@@H](C3CCCCC3)[C@H]2C(=O)Nc2ccc3oc(C(=O)O)cc3c2)CC1. The van der Waals surface area contributed by atoms with Gasteiger partial charge in [-0.05, 0) is 80.7 Å². The Morgan fingerprint density at radius 1 is 1.00 bits per heavy atom. The Bertz CT molecular complexity index is 1110. The van der Waals surface area contributed by atoms with Crippen LogP contribution in [0.25, 0.3) is 11.0 Å². The highest BCUT2D eigenvalue weighted by Gasteiger charge is 2.46. The third-order valence-corrected chi connectivity index (χ3v) is 8.78. The molecule has 0 unspecified atom stereocenters. The second-order valence-corrected chi connectivity index (χ2v) is 10.9. The minimum absolute atomic E-state index is 0.0232. The molecule has 1 saturated heterocycles. The zero-order chi connectivity index (χ0) is 25.2. The Balaban J connectivity index is 1.36. The lowest BCUT2D eigenvalue weighted by Gasteiger charge is -2.36. The highest BCUT2D eigenvalue weighted by Crippen LogP contribution is 2.41. The highest BCUT2D eigenvalue weighted by molar-refractivity contribution is 6.00. The van der Waals surface area contributed by atoms with Crippen LogP contribution < -0.4 is 11.1 Å². The number of likely N-dealkylation sites (tertiary alicyclic amines) is 1. The molecule has 2 heterocycles. The van der Waals surface area contributed by atoms with Crippen molar-refractivity contribution in [3.05, 3.63) is 30.0 Å². The number of carboxylic acids is 1. The molecule has 0 spiro atoms. The quantitative estimate of drug-likeness (QED) is 0.536. The lowest BCUT2D eigenvalue weighted by Crippen LogP contribution is -2.49. The van der Waals surface area contributed by atoms with Gasteiger partial charge in [-0.3, -0.25) is 9.59 Å². The van der Waals surface area contributed by atoms with Crippen LogP contribution in [-0.4, -0.2) is 46.9 Å². The summed E-state index contributed by atoms with van der Waals surface area (Å²) in [5, 5.41) is 12.9. The van der Waals surface area contributed by atoms with Gasteiger partial charge in [0.05, 0.1) is 0 Å². The molecule has 3 fully saturated rings. The third kappa shape index (κ3) is 5.01. The Kier molecular flexibility index (Phi) is 7.32. The summed E-state index contributed by atoms with van der Waals surface area (Å²) in [6, 6.07) is 6.11. The van der Waals surface area contributed by atoms with E-state index in [0.29, 0.717) is 41.6 Å². The fourth-order valence-corrected chi connectivity index (χ4v) is 6.78. The van der Waals surface area contributed by atoms with E-state index in [2.05, 4.69) is 5.32 Å². The van der Waals surface area contributed by atoms with E-state index >= 15 is 0 Å². The molecule has 2 amide bonds. The Labute approximate surface area is 211 Å². The van der Waals surface area contributed by atoms with Crippen molar-refractivity contribution in [1.29, 1.82) is 0 Å². The van der Waals surface area contributed by atoms with Gasteiger partial charge < -0.3 is 25.5 Å². The van der Waals surface area contributed by atoms with Crippen molar-refractivity contribution in [2.45, 2.75) is 70.3 Å². The van der Waals surface area contributed by atoms with Crippen LogP contribution in [0.4, 0.5) is 5.69 Å². The van der Waals surface area contributed by atoms with Crippen LogP contribution in [-0.2, 0) is 9.59 Å². The van der Waals surface area contributed by atoms with Gasteiger partial charge in [0.15, 0.2) is 0 Å². The summed E-state index contributed by atoms with van der Waals surface area (Å²) in [5.41, 5.74) is 6.88. The molecule has 5 rings (SSSR count). The molecule has 2 aromatic rings. The van der Waals surface area contributed by atoms with Crippen LogP contribution in [0.3, 0.4) is 0 Å². The van der Waals surface area contributed by atoms with E-state index in [1.54, 1.807) is 18.2 Å². The molecular weight excluding hydrogens is 458 g/mol. The van der Waals surface area contributed by atoms with E-state index in [9.17, 15) is 19.5 Å². The number of rotatable bonds is 6. The largest absolute Gasteiger partial charge is 0.475 e. The molecule has 1 aliphatic heterocycles. The minimum Gasteiger partial charge on any atom is -0.475 e. The maximum atomic E-state index is 13.8. The standard InChI is InChI=1S/C28H37N3O5/c29-16-17-6-8-19(9-7-17)27(33)31-13-12-22(18-4-2-1-3-5-18)25(31)26(32)30-21-10-11-23-20(14-21)15-24(36-23)28(34)35/h10-11,14-15,17-19,22,25H,1-9,12-13,16,29H2,(H,30,32)(H,34,35)/t17?,19?,22-,25-/m0/s1. The number of amides is 2. The van der Waals surface area contributed by atoms with Gasteiger partial charge in [0.25, 0.3) is 0 Å². The summed E-state index contributed by atoms with van der Waals surface area (Å²) >= 11 is 0. The number of carboxylic acid groups (broad SMARTS) is 1. The highest BCUT2D eigenvalue weighted by atomic mass is 16.4. The first-order valence-electron chi connectivity index (χ1n) is 13.5. The van der Waals surface area contributed by atoms with E-state index in [4.69, 9.17) is 10.2 Å². The van der Waals surface area contributed by atoms with Crippen molar-refractivity contribution in [1.82, 2.24) is 4.90 Å². The normalized spacial score (nSPS) is 27.3. The summed E-state index contributed by atoms with van der Waals surface area (Å²) in [7, 11) is 0. The van der Waals surface area contributed by atoms with E-state index in [-0.39, 0.29) is 29.4 Å². The summed E-state index contributed by atoms with van der Waals surface area (Å²) in [6.45, 7) is 1.31.